The molecule has 0 fully saturated rings. The Balaban J connectivity index is 1.36. The number of carbonyl (C=O) groups is 2. The quantitative estimate of drug-likeness (QED) is 0.178. The Kier molecular flexibility index (Phi) is 10.5. The summed E-state index contributed by atoms with van der Waals surface area (Å²) in [6.07, 6.45) is 0. The first-order valence-corrected chi connectivity index (χ1v) is 12.7. The van der Waals surface area contributed by atoms with E-state index in [-0.39, 0.29) is 11.7 Å². The number of nitrogens with one attached hydrogen (secondary N) is 3. The van der Waals surface area contributed by atoms with Crippen LogP contribution in [0.4, 0.5) is 0 Å². The molecular weight excluding hydrogens is 614 g/mol. The number of ether oxygens (including phenoxy) is 3. The Morgan fingerprint density at radius 1 is 0.861 bits per heavy atom. The summed E-state index contributed by atoms with van der Waals surface area (Å²) in [6, 6.07) is 19.7. The van der Waals surface area contributed by atoms with Gasteiger partial charge < -0.3 is 14.2 Å². The van der Waals surface area contributed by atoms with E-state index in [2.05, 4.69) is 48.0 Å². The van der Waals surface area contributed by atoms with Crippen LogP contribution in [0.3, 0.4) is 0 Å². The summed E-state index contributed by atoms with van der Waals surface area (Å²) >= 11 is 11.9. The molecule has 0 aliphatic heterocycles. The highest BCUT2D eigenvalue weighted by Crippen LogP contribution is 2.32. The van der Waals surface area contributed by atoms with E-state index in [9.17, 15) is 9.59 Å². The standard InChI is InChI=1S/C25H23Br2N3O5S/c1-16-13-18(26)14-21(27)23(16)35-15-22(31)29-30-25(36)28-24(32)17-7-9-20(10-8-17)34-12-11-33-19-5-3-2-4-6-19/h2-10,13-14H,11-12,15H2,1H3,(H,29,31)(H2,28,30,32,36). The van der Waals surface area contributed by atoms with Crippen LogP contribution in [0.5, 0.6) is 17.2 Å². The number of benzene rings is 3. The Bertz CT molecular complexity index is 1190. The molecule has 3 rings (SSSR count). The molecule has 0 aliphatic carbocycles. The third-order valence-corrected chi connectivity index (χ3v) is 5.82. The van der Waals surface area contributed by atoms with Crippen LogP contribution in [-0.4, -0.2) is 36.7 Å². The maximum Gasteiger partial charge on any atom is 0.276 e. The molecule has 0 aromatic heterocycles. The highest BCUT2D eigenvalue weighted by atomic mass is 79.9. The van der Waals surface area contributed by atoms with Gasteiger partial charge in [0.05, 0.1) is 4.47 Å². The average molecular weight is 637 g/mol. The minimum atomic E-state index is -0.474. The number of thiocarbonyl (C=S) groups is 1. The van der Waals surface area contributed by atoms with Crippen molar-refractivity contribution < 1.29 is 23.8 Å². The van der Waals surface area contributed by atoms with Gasteiger partial charge in [0, 0.05) is 10.0 Å². The van der Waals surface area contributed by atoms with Crippen molar-refractivity contribution in [1.82, 2.24) is 16.2 Å². The Morgan fingerprint density at radius 3 is 2.14 bits per heavy atom. The minimum Gasteiger partial charge on any atom is -0.490 e. The van der Waals surface area contributed by atoms with E-state index < -0.39 is 11.8 Å². The summed E-state index contributed by atoms with van der Waals surface area (Å²) in [6.45, 7) is 2.37. The van der Waals surface area contributed by atoms with Gasteiger partial charge in [-0.2, -0.15) is 0 Å². The highest BCUT2D eigenvalue weighted by molar-refractivity contribution is 9.11. The summed E-state index contributed by atoms with van der Waals surface area (Å²) in [5, 5.41) is 2.43. The molecule has 0 bridgehead atoms. The largest absolute Gasteiger partial charge is 0.490 e. The average Bonchev–Trinajstić information content (AvgIpc) is 2.85. The number of rotatable bonds is 9. The molecule has 11 heteroatoms. The topological polar surface area (TPSA) is 97.9 Å². The van der Waals surface area contributed by atoms with Crippen molar-refractivity contribution >= 4 is 61.0 Å². The third kappa shape index (κ3) is 8.81. The molecule has 3 aromatic carbocycles. The van der Waals surface area contributed by atoms with Gasteiger partial charge in [-0.1, -0.05) is 34.1 Å². The molecule has 0 atom stereocenters. The van der Waals surface area contributed by atoms with Crippen molar-refractivity contribution in [3.05, 3.63) is 86.8 Å². The van der Waals surface area contributed by atoms with E-state index in [1.165, 1.54) is 0 Å². The number of hydrogen-bond donors (Lipinski definition) is 3. The van der Waals surface area contributed by atoms with E-state index in [1.54, 1.807) is 24.3 Å². The summed E-state index contributed by atoms with van der Waals surface area (Å²) in [4.78, 5) is 24.5. The summed E-state index contributed by atoms with van der Waals surface area (Å²) in [5.74, 6) is 1.02. The minimum absolute atomic E-state index is 0.0623. The number of hydrazine groups is 1. The van der Waals surface area contributed by atoms with E-state index >= 15 is 0 Å². The van der Waals surface area contributed by atoms with Crippen molar-refractivity contribution in [2.75, 3.05) is 19.8 Å². The lowest BCUT2D eigenvalue weighted by Gasteiger charge is -2.13. The number of halogens is 2. The van der Waals surface area contributed by atoms with Crippen LogP contribution in [0.25, 0.3) is 0 Å². The zero-order valence-corrected chi connectivity index (χ0v) is 23.2. The Labute approximate surface area is 230 Å². The fourth-order valence-electron chi connectivity index (χ4n) is 2.92. The molecule has 8 nitrogen and oxygen atoms in total. The van der Waals surface area contributed by atoms with Crippen molar-refractivity contribution in [3.8, 4) is 17.2 Å². The van der Waals surface area contributed by atoms with E-state index in [1.807, 2.05) is 49.4 Å². The predicted molar refractivity (Wildman–Crippen MR) is 147 cm³/mol. The van der Waals surface area contributed by atoms with Gasteiger partial charge in [-0.25, -0.2) is 0 Å². The van der Waals surface area contributed by atoms with E-state index in [0.29, 0.717) is 30.3 Å². The summed E-state index contributed by atoms with van der Waals surface area (Å²) in [5.41, 5.74) is 6.09. The summed E-state index contributed by atoms with van der Waals surface area (Å²) < 4.78 is 18.4. The fraction of sp³-hybridized carbons (Fsp3) is 0.160. The molecule has 2 amide bonds. The maximum absolute atomic E-state index is 12.4. The zero-order chi connectivity index (χ0) is 25.9. The molecule has 3 N–H and O–H groups in total. The zero-order valence-electron chi connectivity index (χ0n) is 19.2. The summed E-state index contributed by atoms with van der Waals surface area (Å²) in [7, 11) is 0. The lowest BCUT2D eigenvalue weighted by Crippen LogP contribution is -2.49. The Morgan fingerprint density at radius 2 is 1.50 bits per heavy atom. The van der Waals surface area contributed by atoms with Crippen molar-refractivity contribution in [2.24, 2.45) is 0 Å². The highest BCUT2D eigenvalue weighted by Gasteiger charge is 2.11. The number of para-hydroxylation sites is 1. The lowest BCUT2D eigenvalue weighted by molar-refractivity contribution is -0.123. The monoisotopic (exact) mass is 635 g/mol. The second kappa shape index (κ2) is 13.8. The van der Waals surface area contributed by atoms with Crippen LogP contribution < -0.4 is 30.4 Å². The second-order valence-electron chi connectivity index (χ2n) is 7.31. The molecule has 0 radical (unpaired) electrons. The fourth-order valence-corrected chi connectivity index (χ4v) is 4.61. The SMILES string of the molecule is Cc1cc(Br)cc(Br)c1OCC(=O)NNC(=S)NC(=O)c1ccc(OCCOc2ccccc2)cc1. The van der Waals surface area contributed by atoms with Gasteiger partial charge in [-0.3, -0.25) is 25.8 Å². The van der Waals surface area contributed by atoms with Gasteiger partial charge in [-0.05, 0) is 89.2 Å². The molecule has 3 aromatic rings. The smallest absolute Gasteiger partial charge is 0.276 e. The van der Waals surface area contributed by atoms with Crippen LogP contribution in [0.1, 0.15) is 15.9 Å². The molecule has 0 aliphatic rings. The Hall–Kier alpha value is -3.15. The van der Waals surface area contributed by atoms with Gasteiger partial charge in [0.1, 0.15) is 30.5 Å². The normalized spacial score (nSPS) is 10.2. The van der Waals surface area contributed by atoms with Crippen molar-refractivity contribution in [2.45, 2.75) is 6.92 Å². The molecule has 0 unspecified atom stereocenters. The van der Waals surface area contributed by atoms with Crippen LogP contribution in [0, 0.1) is 6.92 Å². The van der Waals surface area contributed by atoms with Gasteiger partial charge >= 0.3 is 0 Å². The molecule has 188 valence electrons. The molecule has 0 saturated heterocycles. The van der Waals surface area contributed by atoms with Gasteiger partial charge in [0.2, 0.25) is 0 Å². The second-order valence-corrected chi connectivity index (χ2v) is 9.49. The van der Waals surface area contributed by atoms with E-state index in [4.69, 9.17) is 26.4 Å². The van der Waals surface area contributed by atoms with Gasteiger partial charge in [0.25, 0.3) is 11.8 Å². The van der Waals surface area contributed by atoms with Gasteiger partial charge in [-0.15, -0.1) is 0 Å². The van der Waals surface area contributed by atoms with Crippen molar-refractivity contribution in [1.29, 1.82) is 0 Å². The first kappa shape index (κ1) is 27.4. The van der Waals surface area contributed by atoms with E-state index in [0.717, 1.165) is 20.3 Å². The van der Waals surface area contributed by atoms with Crippen LogP contribution in [-0.2, 0) is 4.79 Å². The first-order valence-electron chi connectivity index (χ1n) is 10.7. The number of aryl methyl sites for hydroxylation is 1. The molecular formula is C25H23Br2N3O5S. The maximum atomic E-state index is 12.4. The molecule has 0 spiro atoms. The molecule has 36 heavy (non-hydrogen) atoms. The van der Waals surface area contributed by atoms with Gasteiger partial charge in [0.15, 0.2) is 11.7 Å². The van der Waals surface area contributed by atoms with Crippen LogP contribution in [0.15, 0.2) is 75.7 Å². The number of hydrogen-bond acceptors (Lipinski definition) is 6. The first-order chi connectivity index (χ1) is 17.3. The van der Waals surface area contributed by atoms with Crippen LogP contribution in [0.2, 0.25) is 0 Å². The van der Waals surface area contributed by atoms with Crippen molar-refractivity contribution in [3.63, 3.8) is 0 Å². The lowest BCUT2D eigenvalue weighted by atomic mass is 10.2. The molecule has 0 heterocycles. The number of amides is 2. The molecule has 0 saturated carbocycles. The third-order valence-electron chi connectivity index (χ3n) is 4.56. The number of carbonyl (C=O) groups excluding carboxylic acids is 2. The predicted octanol–water partition coefficient (Wildman–Crippen LogP) is 4.69. The van der Waals surface area contributed by atoms with Crippen LogP contribution >= 0.6 is 44.1 Å².